The Labute approximate surface area is 350 Å². The molecule has 2 heterocycles. The number of sulfonamides is 2. The summed E-state index contributed by atoms with van der Waals surface area (Å²) in [5.41, 5.74) is -1.01. The Hall–Kier alpha value is -5.00. The van der Waals surface area contributed by atoms with Crippen LogP contribution in [-0.4, -0.2) is 73.9 Å². The van der Waals surface area contributed by atoms with Crippen molar-refractivity contribution in [1.82, 2.24) is 28.5 Å². The minimum absolute atomic E-state index is 0.0238. The van der Waals surface area contributed by atoms with E-state index in [1.165, 1.54) is 60.9 Å². The highest BCUT2D eigenvalue weighted by Crippen LogP contribution is 2.32. The van der Waals surface area contributed by atoms with E-state index in [-0.39, 0.29) is 69.1 Å². The van der Waals surface area contributed by atoms with Crippen LogP contribution < -0.4 is 41.4 Å². The molecule has 0 spiro atoms. The Balaban J connectivity index is 0.000000231. The van der Waals surface area contributed by atoms with E-state index in [2.05, 4.69) is 19.4 Å². The van der Waals surface area contributed by atoms with Gasteiger partial charge in [-0.1, -0.05) is 12.1 Å². The second-order valence-corrected chi connectivity index (χ2v) is 18.5. The van der Waals surface area contributed by atoms with Gasteiger partial charge in [0.1, 0.15) is 13.5 Å². The fourth-order valence-electron chi connectivity index (χ4n) is 5.43. The minimum atomic E-state index is -3.61. The van der Waals surface area contributed by atoms with Gasteiger partial charge in [-0.2, -0.15) is 0 Å². The predicted molar refractivity (Wildman–Crippen MR) is 219 cm³/mol. The number of aromatic nitrogens is 4. The van der Waals surface area contributed by atoms with Gasteiger partial charge in [0.25, 0.3) is 11.1 Å². The standard InChI is InChI=1S/C20H26FN3O6S.C19H24FN3O6S/c1-14(16-5-6-17(21)18(11-16)30-12-15-3-4-15)23-31(27,28)10-2-9-29-13-24-8-7-19(25)22-20(24)26;20-16-5-4-15(10-17(16)29-12-14-2-3-14)11-21-30(26,27)9-1-8-28-13-23-7-6-18(24)22-19(23)25/h5-8,11,14-15,23H,2-4,9-10,12-13H2,1H3,(H,22,25,26);4-7,10,14,21H,1-3,8-9,11-13H2,(H,22,24,25)/t14-;/m1./s1. The smallest absolute Gasteiger partial charge is 0.330 e. The Bertz CT molecular complexity index is 2540. The van der Waals surface area contributed by atoms with Crippen LogP contribution in [0.15, 0.2) is 80.1 Å². The summed E-state index contributed by atoms with van der Waals surface area (Å²) in [5, 5.41) is 0. The molecule has 0 saturated heterocycles. The maximum atomic E-state index is 13.9. The molecule has 2 aliphatic carbocycles. The van der Waals surface area contributed by atoms with E-state index in [1.807, 2.05) is 0 Å². The van der Waals surface area contributed by atoms with Gasteiger partial charge in [-0.15, -0.1) is 0 Å². The molecule has 2 saturated carbocycles. The predicted octanol–water partition coefficient (Wildman–Crippen LogP) is 2.46. The van der Waals surface area contributed by atoms with Crippen LogP contribution in [0.4, 0.5) is 8.78 Å². The minimum Gasteiger partial charge on any atom is -0.490 e. The molecule has 334 valence electrons. The van der Waals surface area contributed by atoms with Crippen molar-refractivity contribution in [3.8, 4) is 11.5 Å². The lowest BCUT2D eigenvalue weighted by atomic mass is 10.1. The molecule has 18 nitrogen and oxygen atoms in total. The van der Waals surface area contributed by atoms with Gasteiger partial charge in [0, 0.05) is 50.3 Å². The summed E-state index contributed by atoms with van der Waals surface area (Å²) in [5.74, 6) is -0.0743. The van der Waals surface area contributed by atoms with Gasteiger partial charge in [-0.3, -0.25) is 28.7 Å². The number of ether oxygens (including phenoxy) is 4. The second-order valence-electron chi connectivity index (χ2n) is 14.7. The average molecular weight is 897 g/mol. The quantitative estimate of drug-likeness (QED) is 0.0743. The molecule has 0 radical (unpaired) electrons. The van der Waals surface area contributed by atoms with Gasteiger partial charge in [0.05, 0.1) is 24.7 Å². The van der Waals surface area contributed by atoms with Crippen molar-refractivity contribution in [3.63, 3.8) is 0 Å². The zero-order chi connectivity index (χ0) is 44.0. The molecule has 2 aromatic heterocycles. The molecule has 22 heteroatoms. The van der Waals surface area contributed by atoms with Gasteiger partial charge in [-0.25, -0.2) is 44.6 Å². The van der Waals surface area contributed by atoms with Gasteiger partial charge in [0.2, 0.25) is 20.0 Å². The van der Waals surface area contributed by atoms with Gasteiger partial charge in [0.15, 0.2) is 23.1 Å². The average Bonchev–Trinajstić information content (AvgIpc) is 4.15. The van der Waals surface area contributed by atoms with E-state index in [4.69, 9.17) is 18.9 Å². The Kier molecular flexibility index (Phi) is 17.1. The third kappa shape index (κ3) is 16.8. The van der Waals surface area contributed by atoms with Crippen molar-refractivity contribution in [2.24, 2.45) is 11.8 Å². The van der Waals surface area contributed by atoms with Gasteiger partial charge >= 0.3 is 11.4 Å². The second kappa shape index (κ2) is 22.2. The number of aromatic amines is 2. The molecule has 0 bridgehead atoms. The number of hydrogen-bond donors (Lipinski definition) is 4. The number of benzene rings is 2. The molecule has 2 aliphatic rings. The lowest BCUT2D eigenvalue weighted by molar-refractivity contribution is 0.0744. The first kappa shape index (κ1) is 47.1. The van der Waals surface area contributed by atoms with Crippen molar-refractivity contribution in [2.45, 2.75) is 71.5 Å². The van der Waals surface area contributed by atoms with E-state index in [0.717, 1.165) is 34.8 Å². The first-order valence-corrected chi connectivity index (χ1v) is 22.9. The maximum absolute atomic E-state index is 13.9. The Morgan fingerprint density at radius 1 is 0.705 bits per heavy atom. The summed E-state index contributed by atoms with van der Waals surface area (Å²) < 4.78 is 106. The molecule has 6 rings (SSSR count). The topological polar surface area (TPSA) is 239 Å². The fraction of sp³-hybridized carbons (Fsp3) is 0.487. The van der Waals surface area contributed by atoms with Crippen molar-refractivity contribution in [1.29, 1.82) is 0 Å². The zero-order valence-electron chi connectivity index (χ0n) is 33.5. The maximum Gasteiger partial charge on any atom is 0.330 e. The summed E-state index contributed by atoms with van der Waals surface area (Å²) in [6.07, 6.45) is 7.37. The Morgan fingerprint density at radius 2 is 1.20 bits per heavy atom. The largest absolute Gasteiger partial charge is 0.490 e. The lowest BCUT2D eigenvalue weighted by Crippen LogP contribution is -2.30. The number of nitrogens with one attached hydrogen (secondary N) is 4. The number of halogens is 2. The Morgan fingerprint density at radius 3 is 1.70 bits per heavy atom. The first-order chi connectivity index (χ1) is 29.1. The zero-order valence-corrected chi connectivity index (χ0v) is 35.1. The van der Waals surface area contributed by atoms with Crippen molar-refractivity contribution >= 4 is 20.0 Å². The third-order valence-corrected chi connectivity index (χ3v) is 12.3. The third-order valence-electron chi connectivity index (χ3n) is 9.30. The van der Waals surface area contributed by atoms with Crippen LogP contribution in [0.25, 0.3) is 0 Å². The number of rotatable bonds is 24. The molecule has 0 unspecified atom stereocenters. The van der Waals surface area contributed by atoms with Gasteiger partial charge < -0.3 is 18.9 Å². The van der Waals surface area contributed by atoms with Crippen LogP contribution in [0, 0.1) is 23.5 Å². The van der Waals surface area contributed by atoms with Crippen LogP contribution in [0.1, 0.15) is 62.6 Å². The molecule has 4 N–H and O–H groups in total. The molecule has 1 atom stereocenters. The highest BCUT2D eigenvalue weighted by atomic mass is 32.2. The van der Waals surface area contributed by atoms with Crippen molar-refractivity contribution in [3.05, 3.63) is 125 Å². The summed E-state index contributed by atoms with van der Waals surface area (Å²) in [6, 6.07) is 10.4. The molecule has 61 heavy (non-hydrogen) atoms. The van der Waals surface area contributed by atoms with Crippen LogP contribution in [0.3, 0.4) is 0 Å². The number of H-pyrrole nitrogens is 2. The van der Waals surface area contributed by atoms with Crippen LogP contribution in [0.2, 0.25) is 0 Å². The molecule has 2 aromatic carbocycles. The van der Waals surface area contributed by atoms with E-state index in [1.54, 1.807) is 6.92 Å². The number of nitrogens with zero attached hydrogens (tertiary/aromatic N) is 2. The molecule has 2 fully saturated rings. The lowest BCUT2D eigenvalue weighted by Gasteiger charge is -2.16. The first-order valence-electron chi connectivity index (χ1n) is 19.6. The summed E-state index contributed by atoms with van der Waals surface area (Å²) in [7, 11) is -7.17. The molecule has 0 aliphatic heterocycles. The van der Waals surface area contributed by atoms with Crippen LogP contribution in [-0.2, 0) is 49.5 Å². The van der Waals surface area contributed by atoms with Gasteiger partial charge in [-0.05, 0) is 92.7 Å². The number of hydrogen-bond acceptors (Lipinski definition) is 12. The fourth-order valence-corrected chi connectivity index (χ4v) is 7.75. The van der Waals surface area contributed by atoms with Crippen molar-refractivity contribution < 1.29 is 44.6 Å². The van der Waals surface area contributed by atoms with Crippen LogP contribution in [0.5, 0.6) is 11.5 Å². The SMILES string of the molecule is C[C@@H](NS(=O)(=O)CCCOCn1ccc(=O)[nH]c1=O)c1ccc(F)c(OCC2CC2)c1.O=c1ccn(COCCCS(=O)(=O)NCc2ccc(F)c(OCC3CC3)c2)c(=O)[nH]1. The van der Waals surface area contributed by atoms with E-state index in [0.29, 0.717) is 36.2 Å². The highest BCUT2D eigenvalue weighted by Gasteiger charge is 2.24. The summed E-state index contributed by atoms with van der Waals surface area (Å²) in [6.45, 7) is 2.66. The molecular weight excluding hydrogens is 847 g/mol. The van der Waals surface area contributed by atoms with Crippen LogP contribution >= 0.6 is 0 Å². The summed E-state index contributed by atoms with van der Waals surface area (Å²) in [4.78, 5) is 49.2. The van der Waals surface area contributed by atoms with E-state index >= 15 is 0 Å². The highest BCUT2D eigenvalue weighted by molar-refractivity contribution is 7.89. The van der Waals surface area contributed by atoms with Crippen molar-refractivity contribution in [2.75, 3.05) is 37.9 Å². The molecule has 0 amide bonds. The van der Waals surface area contributed by atoms with E-state index in [9.17, 15) is 44.8 Å². The molecular formula is C39H50F2N6O12S2. The monoisotopic (exact) mass is 896 g/mol. The van der Waals surface area contributed by atoms with E-state index < -0.39 is 60.2 Å². The molecule has 4 aromatic rings. The summed E-state index contributed by atoms with van der Waals surface area (Å²) >= 11 is 0. The normalized spacial score (nSPS) is 14.5.